The van der Waals surface area contributed by atoms with E-state index in [1.54, 1.807) is 36.4 Å². The van der Waals surface area contributed by atoms with Crippen LogP contribution in [0.3, 0.4) is 0 Å². The van der Waals surface area contributed by atoms with Crippen molar-refractivity contribution in [2.24, 2.45) is 0 Å². The molecule has 20 heavy (non-hydrogen) atoms. The van der Waals surface area contributed by atoms with E-state index >= 15 is 0 Å². The Balaban J connectivity index is 4.05. The molecule has 1 aromatic rings. The Labute approximate surface area is 115 Å². The van der Waals surface area contributed by atoms with E-state index in [0.29, 0.717) is 0 Å². The van der Waals surface area contributed by atoms with Crippen LogP contribution in [0.5, 0.6) is 0 Å². The number of nitrogens with zero attached hydrogens (tertiary/aromatic N) is 6. The van der Waals surface area contributed by atoms with Crippen LogP contribution in [0.15, 0.2) is 0 Å². The minimum Gasteiger partial charge on any atom is -0.198 e. The molecule has 0 aliphatic heterocycles. The largest absolute Gasteiger partial charge is 0.198 e. The van der Waals surface area contributed by atoms with Crippen molar-refractivity contribution in [3.05, 3.63) is 33.4 Å². The van der Waals surface area contributed by atoms with E-state index in [2.05, 4.69) is 0 Å². The fourth-order valence-corrected chi connectivity index (χ4v) is 1.86. The number of hydrogen-bond donors (Lipinski definition) is 0. The Hall–Kier alpha value is -3.84. The van der Waals surface area contributed by atoms with Crippen LogP contribution in [0, 0.1) is 68.0 Å². The number of nitriles is 6. The van der Waals surface area contributed by atoms with Gasteiger partial charge >= 0.3 is 0 Å². The quantitative estimate of drug-likeness (QED) is 0.780. The second kappa shape index (κ2) is 6.19. The molecule has 0 amide bonds. The predicted molar refractivity (Wildman–Crippen MR) is 63.9 cm³/mol. The van der Waals surface area contributed by atoms with E-state index in [-0.39, 0.29) is 46.2 Å². The molecule has 0 aliphatic carbocycles. The van der Waals surface area contributed by atoms with E-state index in [9.17, 15) is 0 Å². The molecular weight excluding hydrogens is 252 g/mol. The van der Waals surface area contributed by atoms with E-state index in [0.717, 1.165) is 0 Å². The van der Waals surface area contributed by atoms with E-state index < -0.39 is 0 Å². The molecule has 90 valence electrons. The summed E-state index contributed by atoms with van der Waals surface area (Å²) >= 11 is 0. The minimum atomic E-state index is -0.262. The molecule has 0 aromatic heterocycles. The Bertz CT molecular complexity index is 698. The van der Waals surface area contributed by atoms with Crippen LogP contribution >= 0.6 is 0 Å². The highest BCUT2D eigenvalue weighted by Gasteiger charge is 2.23. The van der Waals surface area contributed by atoms with Crippen molar-refractivity contribution in [2.45, 2.75) is 12.8 Å². The highest BCUT2D eigenvalue weighted by atomic mass is 14.4. The van der Waals surface area contributed by atoms with Gasteiger partial charge in [-0.2, -0.15) is 31.6 Å². The van der Waals surface area contributed by atoms with Gasteiger partial charge in [-0.1, -0.05) is 0 Å². The van der Waals surface area contributed by atoms with Gasteiger partial charge in [-0.05, 0) is 0 Å². The smallest absolute Gasteiger partial charge is 0.101 e. The zero-order valence-electron chi connectivity index (χ0n) is 10.1. The Morgan fingerprint density at radius 3 is 0.900 bits per heavy atom. The van der Waals surface area contributed by atoms with Crippen LogP contribution in [-0.2, 0) is 12.8 Å². The van der Waals surface area contributed by atoms with Gasteiger partial charge in [-0.15, -0.1) is 0 Å². The summed E-state index contributed by atoms with van der Waals surface area (Å²) in [5, 5.41) is 54.1. The third-order valence-corrected chi connectivity index (χ3v) is 2.67. The summed E-state index contributed by atoms with van der Waals surface area (Å²) in [7, 11) is 0. The summed E-state index contributed by atoms with van der Waals surface area (Å²) in [6, 6.07) is 10.7. The summed E-state index contributed by atoms with van der Waals surface area (Å²) in [6.45, 7) is 0. The lowest BCUT2D eigenvalue weighted by molar-refractivity contribution is 1.15. The van der Waals surface area contributed by atoms with Gasteiger partial charge in [0.05, 0.1) is 47.2 Å². The monoisotopic (exact) mass is 256 g/mol. The summed E-state index contributed by atoms with van der Waals surface area (Å²) < 4.78 is 0. The predicted octanol–water partition coefficient (Wildman–Crippen LogP) is 1.31. The number of rotatable bonds is 2. The van der Waals surface area contributed by atoms with Crippen molar-refractivity contribution >= 4 is 0 Å². The van der Waals surface area contributed by atoms with Crippen LogP contribution in [0.4, 0.5) is 0 Å². The first-order chi connectivity index (χ1) is 9.69. The Morgan fingerprint density at radius 1 is 0.500 bits per heavy atom. The molecule has 0 bridgehead atoms. The molecule has 0 N–H and O–H groups in total. The van der Waals surface area contributed by atoms with Gasteiger partial charge in [-0.3, -0.25) is 0 Å². The average molecular weight is 256 g/mol. The van der Waals surface area contributed by atoms with Crippen LogP contribution in [0.1, 0.15) is 33.4 Å². The lowest BCUT2D eigenvalue weighted by Crippen LogP contribution is -2.07. The Morgan fingerprint density at radius 2 is 0.750 bits per heavy atom. The molecule has 1 aromatic carbocycles. The summed E-state index contributed by atoms with van der Waals surface area (Å²) in [4.78, 5) is 0. The second-order valence-corrected chi connectivity index (χ2v) is 3.57. The van der Waals surface area contributed by atoms with Gasteiger partial charge in [0.15, 0.2) is 0 Å². The molecule has 0 spiro atoms. The molecule has 0 unspecified atom stereocenters. The molecule has 0 radical (unpaired) electrons. The molecule has 6 heteroatoms. The van der Waals surface area contributed by atoms with Gasteiger partial charge < -0.3 is 0 Å². The molecule has 0 heterocycles. The molecule has 6 nitrogen and oxygen atoms in total. The maximum absolute atomic E-state index is 9.15. The van der Waals surface area contributed by atoms with Gasteiger partial charge in [0, 0.05) is 11.1 Å². The molecule has 0 aliphatic rings. The maximum Gasteiger partial charge on any atom is 0.101 e. The summed E-state index contributed by atoms with van der Waals surface area (Å²) in [6.07, 6.45) is -0.524. The molecular formula is C14H4N6. The highest BCUT2D eigenvalue weighted by molar-refractivity contribution is 5.68. The van der Waals surface area contributed by atoms with E-state index in [1.807, 2.05) is 0 Å². The normalized spacial score (nSPS) is 8.10. The third kappa shape index (κ3) is 2.10. The summed E-state index contributed by atoms with van der Waals surface area (Å²) in [5.74, 6) is 0. The zero-order chi connectivity index (χ0) is 15.1. The Kier molecular flexibility index (Phi) is 4.40. The van der Waals surface area contributed by atoms with Gasteiger partial charge in [0.25, 0.3) is 0 Å². The number of benzene rings is 1. The van der Waals surface area contributed by atoms with Crippen molar-refractivity contribution in [2.75, 3.05) is 0 Å². The molecule has 0 saturated carbocycles. The minimum absolute atomic E-state index is 0.0623. The van der Waals surface area contributed by atoms with Crippen LogP contribution < -0.4 is 0 Å². The lowest BCUT2D eigenvalue weighted by Gasteiger charge is -2.11. The van der Waals surface area contributed by atoms with Crippen molar-refractivity contribution in [3.63, 3.8) is 0 Å². The second-order valence-electron chi connectivity index (χ2n) is 3.57. The first-order valence-corrected chi connectivity index (χ1v) is 5.26. The van der Waals surface area contributed by atoms with E-state index in [1.165, 1.54) is 0 Å². The average Bonchev–Trinajstić information content (AvgIpc) is 2.47. The van der Waals surface area contributed by atoms with Crippen molar-refractivity contribution in [1.29, 1.82) is 31.6 Å². The summed E-state index contributed by atoms with van der Waals surface area (Å²) in [5.41, 5.74) is -0.339. The van der Waals surface area contributed by atoms with E-state index in [4.69, 9.17) is 31.6 Å². The first-order valence-electron chi connectivity index (χ1n) is 5.26. The van der Waals surface area contributed by atoms with Crippen molar-refractivity contribution in [1.82, 2.24) is 0 Å². The molecule has 0 saturated heterocycles. The van der Waals surface area contributed by atoms with Crippen LogP contribution in [-0.4, -0.2) is 0 Å². The van der Waals surface area contributed by atoms with Gasteiger partial charge in [0.1, 0.15) is 24.3 Å². The SMILES string of the molecule is N#CCc1c(C#N)c(C#N)c(CC#N)c(C#N)c1C#N. The zero-order valence-corrected chi connectivity index (χ0v) is 10.1. The topological polar surface area (TPSA) is 143 Å². The van der Waals surface area contributed by atoms with Gasteiger partial charge in [-0.25, -0.2) is 0 Å². The molecule has 1 rings (SSSR count). The van der Waals surface area contributed by atoms with Crippen LogP contribution in [0.2, 0.25) is 0 Å². The maximum atomic E-state index is 9.15. The highest BCUT2D eigenvalue weighted by Crippen LogP contribution is 2.28. The third-order valence-electron chi connectivity index (χ3n) is 2.67. The van der Waals surface area contributed by atoms with Crippen molar-refractivity contribution < 1.29 is 0 Å². The van der Waals surface area contributed by atoms with Crippen LogP contribution in [0.25, 0.3) is 0 Å². The fraction of sp³-hybridized carbons (Fsp3) is 0.143. The first kappa shape index (κ1) is 14.2. The fourth-order valence-electron chi connectivity index (χ4n) is 1.86. The molecule has 0 atom stereocenters. The van der Waals surface area contributed by atoms with Crippen molar-refractivity contribution in [3.8, 4) is 36.4 Å². The standard InChI is InChI=1S/C14H4N6/c15-3-1-9-11(5-17)13(7-19)10(2-4-16)14(8-20)12(9)6-18/h1-2H2. The number of hydrogen-bond acceptors (Lipinski definition) is 6. The molecule has 0 fully saturated rings. The van der Waals surface area contributed by atoms with Gasteiger partial charge in [0.2, 0.25) is 0 Å². The lowest BCUT2D eigenvalue weighted by atomic mass is 9.86.